The van der Waals surface area contributed by atoms with Crippen molar-refractivity contribution in [2.45, 2.75) is 56.3 Å². The van der Waals surface area contributed by atoms with E-state index in [4.69, 9.17) is 5.73 Å². The van der Waals surface area contributed by atoms with Crippen molar-refractivity contribution in [3.8, 4) is 5.75 Å². The summed E-state index contributed by atoms with van der Waals surface area (Å²) in [6, 6.07) is 8.22. The van der Waals surface area contributed by atoms with E-state index in [0.29, 0.717) is 11.3 Å². The van der Waals surface area contributed by atoms with Crippen molar-refractivity contribution in [3.05, 3.63) is 84.1 Å². The van der Waals surface area contributed by atoms with Crippen LogP contribution in [0.4, 0.5) is 0 Å². The van der Waals surface area contributed by atoms with Gasteiger partial charge in [0, 0.05) is 48.3 Å². The molecule has 46 heavy (non-hydrogen) atoms. The lowest BCUT2D eigenvalue weighted by Gasteiger charge is -2.25. The van der Waals surface area contributed by atoms with Gasteiger partial charge in [-0.1, -0.05) is 30.3 Å². The fourth-order valence-corrected chi connectivity index (χ4v) is 4.88. The highest BCUT2D eigenvalue weighted by Gasteiger charge is 2.31. The van der Waals surface area contributed by atoms with Gasteiger partial charge in [-0.05, 0) is 42.2 Å². The SMILES string of the molecule is NC(Cc1c[nH]c2ccccc12)C(=O)NC(Cc1ccc(O)cc1)C(=O)NC(CCC(=O)O)C(=O)NC(Cc1cnc[nH]1)C(=O)O. The van der Waals surface area contributed by atoms with E-state index < -0.39 is 60.2 Å². The van der Waals surface area contributed by atoms with Gasteiger partial charge in [0.05, 0.1) is 12.4 Å². The Morgan fingerprint density at radius 3 is 2.15 bits per heavy atom. The molecule has 4 atom stereocenters. The van der Waals surface area contributed by atoms with Crippen LogP contribution in [-0.4, -0.2) is 84.1 Å². The fourth-order valence-electron chi connectivity index (χ4n) is 4.88. The smallest absolute Gasteiger partial charge is 0.326 e. The van der Waals surface area contributed by atoms with Crippen LogP contribution in [0.25, 0.3) is 10.9 Å². The van der Waals surface area contributed by atoms with Gasteiger partial charge in [-0.2, -0.15) is 0 Å². The fraction of sp³-hybridized carbons (Fsp3) is 0.290. The number of benzene rings is 2. The van der Waals surface area contributed by atoms with E-state index in [-0.39, 0.29) is 31.4 Å². The third-order valence-electron chi connectivity index (χ3n) is 7.33. The van der Waals surface area contributed by atoms with Crippen LogP contribution in [0.15, 0.2) is 67.3 Å². The number of carboxylic acids is 2. The van der Waals surface area contributed by atoms with Gasteiger partial charge < -0.3 is 47.0 Å². The second kappa shape index (κ2) is 15.3. The molecule has 4 rings (SSSR count). The normalized spacial score (nSPS) is 13.7. The number of aromatic nitrogens is 3. The number of nitrogens with two attached hydrogens (primary N) is 1. The summed E-state index contributed by atoms with van der Waals surface area (Å²) in [6.45, 7) is 0. The number of phenolic OH excluding ortho intramolecular Hbond substituents is 1. The van der Waals surface area contributed by atoms with Crippen LogP contribution in [0.2, 0.25) is 0 Å². The molecule has 0 radical (unpaired) electrons. The molecule has 2 heterocycles. The lowest BCUT2D eigenvalue weighted by Crippen LogP contribution is -2.58. The monoisotopic (exact) mass is 633 g/mol. The molecule has 10 N–H and O–H groups in total. The van der Waals surface area contributed by atoms with Gasteiger partial charge in [0.15, 0.2) is 0 Å². The molecule has 15 nitrogen and oxygen atoms in total. The number of carboxylic acid groups (broad SMARTS) is 2. The third kappa shape index (κ3) is 9.15. The summed E-state index contributed by atoms with van der Waals surface area (Å²) < 4.78 is 0. The Bertz CT molecular complexity index is 1670. The Labute approximate surface area is 262 Å². The highest BCUT2D eigenvalue weighted by atomic mass is 16.4. The first-order valence-corrected chi connectivity index (χ1v) is 14.4. The molecule has 0 saturated carbocycles. The highest BCUT2D eigenvalue weighted by molar-refractivity contribution is 5.94. The molecule has 242 valence electrons. The van der Waals surface area contributed by atoms with Crippen molar-refractivity contribution in [2.24, 2.45) is 5.73 Å². The van der Waals surface area contributed by atoms with Crippen molar-refractivity contribution in [1.29, 1.82) is 0 Å². The summed E-state index contributed by atoms with van der Waals surface area (Å²) in [5.41, 5.74) is 8.90. The topological polar surface area (TPSA) is 253 Å². The Morgan fingerprint density at radius 2 is 1.48 bits per heavy atom. The van der Waals surface area contributed by atoms with Crippen LogP contribution in [0, 0.1) is 0 Å². The molecule has 0 spiro atoms. The van der Waals surface area contributed by atoms with Gasteiger partial charge >= 0.3 is 11.9 Å². The first-order chi connectivity index (χ1) is 22.0. The molecule has 0 saturated heterocycles. The minimum absolute atomic E-state index is 0.0111. The lowest BCUT2D eigenvalue weighted by atomic mass is 10.0. The van der Waals surface area contributed by atoms with E-state index in [1.165, 1.54) is 24.7 Å². The summed E-state index contributed by atoms with van der Waals surface area (Å²) in [7, 11) is 0. The zero-order valence-corrected chi connectivity index (χ0v) is 24.6. The average Bonchev–Trinajstić information content (AvgIpc) is 3.69. The number of hydrogen-bond donors (Lipinski definition) is 9. The summed E-state index contributed by atoms with van der Waals surface area (Å²) in [4.78, 5) is 73.0. The third-order valence-corrected chi connectivity index (χ3v) is 7.33. The minimum Gasteiger partial charge on any atom is -0.508 e. The molecule has 0 fully saturated rings. The number of hydrogen-bond acceptors (Lipinski definition) is 8. The number of aromatic amines is 2. The Morgan fingerprint density at radius 1 is 0.804 bits per heavy atom. The van der Waals surface area contributed by atoms with E-state index in [0.717, 1.165) is 16.5 Å². The van der Waals surface area contributed by atoms with E-state index in [9.17, 15) is 39.3 Å². The summed E-state index contributed by atoms with van der Waals surface area (Å²) in [5, 5.41) is 37.0. The first-order valence-electron chi connectivity index (χ1n) is 14.4. The molecule has 4 unspecified atom stereocenters. The maximum Gasteiger partial charge on any atom is 0.326 e. The van der Waals surface area contributed by atoms with Crippen molar-refractivity contribution in [2.75, 3.05) is 0 Å². The Hall–Kier alpha value is -5.70. The molecular formula is C31H35N7O8. The minimum atomic E-state index is -1.45. The molecule has 2 aromatic heterocycles. The van der Waals surface area contributed by atoms with Gasteiger partial charge in [0.25, 0.3) is 0 Å². The number of rotatable bonds is 16. The van der Waals surface area contributed by atoms with Crippen LogP contribution in [0.3, 0.4) is 0 Å². The average molecular weight is 634 g/mol. The van der Waals surface area contributed by atoms with Crippen molar-refractivity contribution in [1.82, 2.24) is 30.9 Å². The number of nitrogens with zero attached hydrogens (tertiary/aromatic N) is 1. The van der Waals surface area contributed by atoms with Gasteiger partial charge in [0.2, 0.25) is 17.7 Å². The molecule has 4 aromatic rings. The number of aliphatic carboxylic acids is 2. The molecule has 2 aromatic carbocycles. The van der Waals surface area contributed by atoms with Gasteiger partial charge in [0.1, 0.15) is 23.9 Å². The van der Waals surface area contributed by atoms with E-state index in [1.54, 1.807) is 18.3 Å². The number of nitrogens with one attached hydrogen (secondary N) is 5. The largest absolute Gasteiger partial charge is 0.508 e. The maximum atomic E-state index is 13.6. The number of carbonyl (C=O) groups excluding carboxylic acids is 3. The summed E-state index contributed by atoms with van der Waals surface area (Å²) >= 11 is 0. The standard InChI is InChI=1S/C31H35N7O8/c32-22(12-18-14-34-23-4-2-1-3-21(18)23)28(42)37-25(11-17-5-7-20(39)8-6-17)30(44)36-24(9-10-27(40)41)29(43)38-26(31(45)46)13-19-15-33-16-35-19/h1-8,14-16,22,24-26,34,39H,9-13,32H2,(H,33,35)(H,36,44)(H,37,42)(H,38,43)(H,40,41)(H,45,46). The lowest BCUT2D eigenvalue weighted by molar-refractivity contribution is -0.143. The predicted molar refractivity (Wildman–Crippen MR) is 164 cm³/mol. The number of imidazole rings is 1. The zero-order valence-electron chi connectivity index (χ0n) is 24.6. The van der Waals surface area contributed by atoms with E-state index in [2.05, 4.69) is 30.9 Å². The van der Waals surface area contributed by atoms with Gasteiger partial charge in [-0.3, -0.25) is 19.2 Å². The Balaban J connectivity index is 1.51. The van der Waals surface area contributed by atoms with Crippen LogP contribution >= 0.6 is 0 Å². The van der Waals surface area contributed by atoms with E-state index in [1.807, 2.05) is 24.3 Å². The molecule has 0 aliphatic rings. The van der Waals surface area contributed by atoms with Crippen LogP contribution in [0.1, 0.15) is 29.7 Å². The number of phenols is 1. The highest BCUT2D eigenvalue weighted by Crippen LogP contribution is 2.19. The van der Waals surface area contributed by atoms with Gasteiger partial charge in [-0.15, -0.1) is 0 Å². The number of amides is 3. The maximum absolute atomic E-state index is 13.6. The van der Waals surface area contributed by atoms with Gasteiger partial charge in [-0.25, -0.2) is 9.78 Å². The molecule has 15 heteroatoms. The molecule has 0 bridgehead atoms. The second-order valence-corrected chi connectivity index (χ2v) is 10.8. The Kier molecular flexibility index (Phi) is 11.1. The molecular weight excluding hydrogens is 598 g/mol. The predicted octanol–water partition coefficient (Wildman–Crippen LogP) is 0.356. The molecule has 0 aliphatic heterocycles. The van der Waals surface area contributed by atoms with Crippen LogP contribution in [0.5, 0.6) is 5.75 Å². The number of fused-ring (bicyclic) bond motifs is 1. The summed E-state index contributed by atoms with van der Waals surface area (Å²) in [5.74, 6) is -5.01. The molecule has 3 amide bonds. The van der Waals surface area contributed by atoms with Crippen LogP contribution < -0.4 is 21.7 Å². The number of para-hydroxylation sites is 1. The zero-order chi connectivity index (χ0) is 33.2. The summed E-state index contributed by atoms with van der Waals surface area (Å²) in [6.07, 6.45) is 3.56. The quantitative estimate of drug-likeness (QED) is 0.0818. The van der Waals surface area contributed by atoms with Crippen LogP contribution in [-0.2, 0) is 43.2 Å². The van der Waals surface area contributed by atoms with Crippen molar-refractivity contribution in [3.63, 3.8) is 0 Å². The molecule has 0 aliphatic carbocycles. The van der Waals surface area contributed by atoms with Crippen molar-refractivity contribution < 1.29 is 39.3 Å². The number of H-pyrrole nitrogens is 2. The number of aromatic hydroxyl groups is 1. The second-order valence-electron chi connectivity index (χ2n) is 10.8. The van der Waals surface area contributed by atoms with Crippen molar-refractivity contribution >= 4 is 40.6 Å². The number of carbonyl (C=O) groups is 5. The van der Waals surface area contributed by atoms with E-state index >= 15 is 0 Å². The first kappa shape index (κ1) is 33.2.